The van der Waals surface area contributed by atoms with Crippen LogP contribution < -0.4 is 4.74 Å². The van der Waals surface area contributed by atoms with Gasteiger partial charge in [-0.25, -0.2) is 0 Å². The van der Waals surface area contributed by atoms with E-state index in [1.807, 2.05) is 0 Å². The lowest BCUT2D eigenvalue weighted by Gasteiger charge is -2.14. The number of carbonyl (C=O) groups excluding carboxylic acids is 1. The van der Waals surface area contributed by atoms with Gasteiger partial charge in [0.1, 0.15) is 5.75 Å². The van der Waals surface area contributed by atoms with Crippen LogP contribution in [0.15, 0.2) is 12.1 Å². The van der Waals surface area contributed by atoms with E-state index in [9.17, 15) is 13.6 Å². The molecule has 0 amide bonds. The Balaban J connectivity index is 3.19. The molecule has 0 bridgehead atoms. The summed E-state index contributed by atoms with van der Waals surface area (Å²) in [6.07, 6.45) is -0.156. The van der Waals surface area contributed by atoms with Gasteiger partial charge in [-0.3, -0.25) is 4.79 Å². The number of alkyl halides is 3. The first-order valence-electron chi connectivity index (χ1n) is 4.86. The lowest BCUT2D eigenvalue weighted by molar-refractivity contribution is -0.139. The van der Waals surface area contributed by atoms with E-state index in [4.69, 9.17) is 11.6 Å². The number of methoxy groups -OCH3 is 1. The molecule has 0 spiro atoms. The smallest absolute Gasteiger partial charge is 0.387 e. The van der Waals surface area contributed by atoms with Crippen molar-refractivity contribution in [1.82, 2.24) is 0 Å². The molecule has 7 heteroatoms. The molecule has 1 aromatic carbocycles. The molecule has 18 heavy (non-hydrogen) atoms. The monoisotopic (exact) mass is 342 g/mol. The number of hydrogen-bond donors (Lipinski definition) is 0. The minimum atomic E-state index is -2.98. The van der Waals surface area contributed by atoms with E-state index in [1.54, 1.807) is 6.07 Å². The molecule has 0 saturated heterocycles. The topological polar surface area (TPSA) is 35.5 Å². The maximum absolute atomic E-state index is 12.3. The molecule has 3 nitrogen and oxygen atoms in total. The van der Waals surface area contributed by atoms with Gasteiger partial charge in [0.15, 0.2) is 0 Å². The van der Waals surface area contributed by atoms with E-state index in [0.717, 1.165) is 0 Å². The zero-order valence-electron chi connectivity index (χ0n) is 9.38. The number of ether oxygens (including phenoxy) is 2. The summed E-state index contributed by atoms with van der Waals surface area (Å²) < 4.78 is 33.5. The summed E-state index contributed by atoms with van der Waals surface area (Å²) in [6.45, 7) is -2.98. The lowest BCUT2D eigenvalue weighted by atomic mass is 10.0. The van der Waals surface area contributed by atoms with Crippen molar-refractivity contribution in [3.05, 3.63) is 28.3 Å². The van der Waals surface area contributed by atoms with Gasteiger partial charge >= 0.3 is 12.6 Å². The molecule has 0 aliphatic rings. The highest BCUT2D eigenvalue weighted by Gasteiger charge is 2.17. The van der Waals surface area contributed by atoms with Crippen molar-refractivity contribution in [2.75, 3.05) is 7.11 Å². The van der Waals surface area contributed by atoms with Gasteiger partial charge in [0.05, 0.1) is 13.5 Å². The first kappa shape index (κ1) is 15.2. The average Bonchev–Trinajstić information content (AvgIpc) is 2.30. The van der Waals surface area contributed by atoms with Gasteiger partial charge < -0.3 is 9.47 Å². The van der Waals surface area contributed by atoms with Gasteiger partial charge in [0, 0.05) is 15.9 Å². The normalized spacial score (nSPS) is 10.6. The first-order valence-corrected chi connectivity index (χ1v) is 6.36. The molecule has 1 aromatic rings. The second-order valence-corrected chi connectivity index (χ2v) is 4.30. The molecule has 0 unspecified atom stereocenters. The fraction of sp³-hybridized carbons (Fsp3) is 0.364. The van der Waals surface area contributed by atoms with E-state index < -0.39 is 12.6 Å². The van der Waals surface area contributed by atoms with Gasteiger partial charge in [0.25, 0.3) is 0 Å². The quantitative estimate of drug-likeness (QED) is 0.606. The Morgan fingerprint density at radius 3 is 2.67 bits per heavy atom. The molecule has 0 aliphatic carbocycles. The first-order chi connectivity index (χ1) is 8.47. The summed E-state index contributed by atoms with van der Waals surface area (Å²) in [6, 6.07) is 2.82. The van der Waals surface area contributed by atoms with Gasteiger partial charge in [-0.2, -0.15) is 8.78 Å². The highest BCUT2D eigenvalue weighted by Crippen LogP contribution is 2.30. The van der Waals surface area contributed by atoms with Gasteiger partial charge in [-0.1, -0.05) is 27.5 Å². The fourth-order valence-corrected chi connectivity index (χ4v) is 2.13. The fourth-order valence-electron chi connectivity index (χ4n) is 1.40. The van der Waals surface area contributed by atoms with Crippen LogP contribution in [-0.2, 0) is 21.3 Å². The van der Waals surface area contributed by atoms with Crippen molar-refractivity contribution in [2.24, 2.45) is 0 Å². The van der Waals surface area contributed by atoms with Gasteiger partial charge in [-0.05, 0) is 17.7 Å². The van der Waals surface area contributed by atoms with Crippen LogP contribution in [0.2, 0.25) is 5.02 Å². The lowest BCUT2D eigenvalue weighted by Crippen LogP contribution is -2.11. The number of halogens is 4. The molecule has 0 aromatic heterocycles. The second-order valence-electron chi connectivity index (χ2n) is 3.31. The van der Waals surface area contributed by atoms with Crippen LogP contribution in [-0.4, -0.2) is 19.7 Å². The Kier molecular flexibility index (Phi) is 5.81. The zero-order valence-corrected chi connectivity index (χ0v) is 11.7. The van der Waals surface area contributed by atoms with E-state index in [2.05, 4.69) is 25.4 Å². The number of benzene rings is 1. The van der Waals surface area contributed by atoms with Crippen LogP contribution in [0.3, 0.4) is 0 Å². The number of carbonyl (C=O) groups is 1. The Hall–Kier alpha value is -0.880. The van der Waals surface area contributed by atoms with E-state index >= 15 is 0 Å². The Labute approximate surface area is 116 Å². The van der Waals surface area contributed by atoms with Crippen LogP contribution in [0.5, 0.6) is 5.75 Å². The molecule has 1 rings (SSSR count). The van der Waals surface area contributed by atoms with Crippen LogP contribution in [0.1, 0.15) is 11.1 Å². The molecule has 0 atom stereocenters. The summed E-state index contributed by atoms with van der Waals surface area (Å²) in [4.78, 5) is 11.3. The Bertz CT molecular complexity index is 441. The van der Waals surface area contributed by atoms with Gasteiger partial charge in [0.2, 0.25) is 0 Å². The van der Waals surface area contributed by atoms with Crippen LogP contribution in [0.25, 0.3) is 0 Å². The third-order valence-electron chi connectivity index (χ3n) is 2.17. The van der Waals surface area contributed by atoms with E-state index in [0.29, 0.717) is 16.5 Å². The van der Waals surface area contributed by atoms with Crippen molar-refractivity contribution in [1.29, 1.82) is 0 Å². The van der Waals surface area contributed by atoms with E-state index in [1.165, 1.54) is 13.2 Å². The largest absolute Gasteiger partial charge is 0.469 e. The SMILES string of the molecule is COC(=O)Cc1c(CBr)cc(Cl)cc1OC(F)F. The van der Waals surface area contributed by atoms with Crippen LogP contribution in [0.4, 0.5) is 8.78 Å². The van der Waals surface area contributed by atoms with Crippen molar-refractivity contribution in [3.8, 4) is 5.75 Å². The minimum absolute atomic E-state index is 0.114. The standard InChI is InChI=1S/C11H10BrClF2O3/c1-17-10(16)4-8-6(5-12)2-7(13)3-9(8)18-11(14)15/h2-3,11H,4-5H2,1H3. The molecule has 100 valence electrons. The molecule has 0 aliphatic heterocycles. The number of esters is 1. The predicted octanol–water partition coefficient (Wildman–Crippen LogP) is 3.55. The summed E-state index contributed by atoms with van der Waals surface area (Å²) in [5.41, 5.74) is 0.937. The summed E-state index contributed by atoms with van der Waals surface area (Å²) in [5.74, 6) is -0.656. The highest BCUT2D eigenvalue weighted by molar-refractivity contribution is 9.08. The number of rotatable bonds is 5. The second kappa shape index (κ2) is 6.89. The summed E-state index contributed by atoms with van der Waals surface area (Å²) >= 11 is 8.99. The molecular weight excluding hydrogens is 333 g/mol. The predicted molar refractivity (Wildman–Crippen MR) is 66.4 cm³/mol. The van der Waals surface area contributed by atoms with E-state index in [-0.39, 0.29) is 17.2 Å². The van der Waals surface area contributed by atoms with Crippen molar-refractivity contribution in [2.45, 2.75) is 18.4 Å². The third-order valence-corrected chi connectivity index (χ3v) is 3.00. The average molecular weight is 344 g/mol. The third kappa shape index (κ3) is 4.10. The maximum Gasteiger partial charge on any atom is 0.387 e. The summed E-state index contributed by atoms with van der Waals surface area (Å²) in [5, 5.41) is 0.619. The molecule has 0 fully saturated rings. The van der Waals surface area contributed by atoms with Crippen molar-refractivity contribution >= 4 is 33.5 Å². The van der Waals surface area contributed by atoms with Crippen LogP contribution >= 0.6 is 27.5 Å². The summed E-state index contributed by atoms with van der Waals surface area (Å²) in [7, 11) is 1.22. The van der Waals surface area contributed by atoms with Gasteiger partial charge in [-0.15, -0.1) is 0 Å². The molecule has 0 heterocycles. The zero-order chi connectivity index (χ0) is 13.7. The van der Waals surface area contributed by atoms with Crippen molar-refractivity contribution in [3.63, 3.8) is 0 Å². The molecular formula is C11H10BrClF2O3. The van der Waals surface area contributed by atoms with Crippen molar-refractivity contribution < 1.29 is 23.0 Å². The van der Waals surface area contributed by atoms with Crippen LogP contribution in [0, 0.1) is 0 Å². The highest BCUT2D eigenvalue weighted by atomic mass is 79.9. The molecule has 0 N–H and O–H groups in total. The molecule has 0 saturated carbocycles. The maximum atomic E-state index is 12.3. The Morgan fingerprint density at radius 1 is 1.50 bits per heavy atom. The minimum Gasteiger partial charge on any atom is -0.469 e. The number of hydrogen-bond acceptors (Lipinski definition) is 3. The Morgan fingerprint density at radius 2 is 2.17 bits per heavy atom. The molecule has 0 radical (unpaired) electrons.